The van der Waals surface area contributed by atoms with E-state index in [1.165, 1.54) is 29.5 Å². The zero-order valence-electron chi connectivity index (χ0n) is 17.8. The predicted molar refractivity (Wildman–Crippen MR) is 122 cm³/mol. The van der Waals surface area contributed by atoms with Gasteiger partial charge in [-0.15, -0.1) is 0 Å². The van der Waals surface area contributed by atoms with Crippen LogP contribution in [-0.2, 0) is 17.9 Å². The van der Waals surface area contributed by atoms with Gasteiger partial charge in [-0.25, -0.2) is 4.79 Å². The number of anilines is 1. The van der Waals surface area contributed by atoms with Gasteiger partial charge in [-0.1, -0.05) is 55.3 Å². The SMILES string of the molecule is O=C(C1CCCC1)C1CC(c2ccc(NC(=O)N3Cc4ccccc4C3)cc2)=CCN1. The number of nitrogens with one attached hydrogen (secondary N) is 2. The molecular formula is C26H29N3O2. The maximum atomic E-state index is 12.8. The van der Waals surface area contributed by atoms with Crippen molar-refractivity contribution < 1.29 is 9.59 Å². The molecule has 0 bridgehead atoms. The van der Waals surface area contributed by atoms with Gasteiger partial charge in [0.1, 0.15) is 0 Å². The lowest BCUT2D eigenvalue weighted by Crippen LogP contribution is -2.42. The predicted octanol–water partition coefficient (Wildman–Crippen LogP) is 4.74. The van der Waals surface area contributed by atoms with E-state index >= 15 is 0 Å². The Morgan fingerprint density at radius 2 is 1.61 bits per heavy atom. The minimum atomic E-state index is -0.0766. The van der Waals surface area contributed by atoms with Crippen molar-refractivity contribution in [2.45, 2.75) is 51.2 Å². The van der Waals surface area contributed by atoms with Gasteiger partial charge in [-0.05, 0) is 53.7 Å². The minimum absolute atomic E-state index is 0.0701. The topological polar surface area (TPSA) is 61.4 Å². The summed E-state index contributed by atoms with van der Waals surface area (Å²) in [5, 5.41) is 6.40. The Kier molecular flexibility index (Phi) is 5.60. The number of urea groups is 1. The van der Waals surface area contributed by atoms with E-state index in [9.17, 15) is 9.59 Å². The van der Waals surface area contributed by atoms with E-state index in [4.69, 9.17) is 0 Å². The molecule has 0 radical (unpaired) electrons. The maximum Gasteiger partial charge on any atom is 0.322 e. The van der Waals surface area contributed by atoms with Crippen LogP contribution in [0.25, 0.3) is 5.57 Å². The van der Waals surface area contributed by atoms with Crippen LogP contribution in [0.3, 0.4) is 0 Å². The van der Waals surface area contributed by atoms with Crippen molar-refractivity contribution in [2.24, 2.45) is 5.92 Å². The van der Waals surface area contributed by atoms with E-state index in [0.717, 1.165) is 37.1 Å². The number of rotatable bonds is 4. The second-order valence-electron chi connectivity index (χ2n) is 8.91. The summed E-state index contributed by atoms with van der Waals surface area (Å²) >= 11 is 0. The maximum absolute atomic E-state index is 12.8. The second-order valence-corrected chi connectivity index (χ2v) is 8.91. The van der Waals surface area contributed by atoms with Gasteiger partial charge in [0.15, 0.2) is 5.78 Å². The molecule has 31 heavy (non-hydrogen) atoms. The lowest BCUT2D eigenvalue weighted by Gasteiger charge is -2.26. The van der Waals surface area contributed by atoms with E-state index in [2.05, 4.69) is 28.8 Å². The van der Waals surface area contributed by atoms with E-state index < -0.39 is 0 Å². The largest absolute Gasteiger partial charge is 0.322 e. The van der Waals surface area contributed by atoms with Crippen LogP contribution < -0.4 is 10.6 Å². The van der Waals surface area contributed by atoms with Crippen molar-refractivity contribution in [3.63, 3.8) is 0 Å². The first kappa shape index (κ1) is 20.0. The molecule has 0 aromatic heterocycles. The molecule has 3 aliphatic rings. The molecule has 2 heterocycles. The van der Waals surface area contributed by atoms with E-state index in [1.54, 1.807) is 0 Å². The number of nitrogens with zero attached hydrogens (tertiary/aromatic N) is 1. The Hall–Kier alpha value is -2.92. The molecule has 2 aliphatic heterocycles. The Bertz CT molecular complexity index is 981. The van der Waals surface area contributed by atoms with Crippen LogP contribution >= 0.6 is 0 Å². The average Bonchev–Trinajstić information content (AvgIpc) is 3.49. The van der Waals surface area contributed by atoms with Gasteiger partial charge in [0, 0.05) is 31.2 Å². The van der Waals surface area contributed by atoms with Crippen LogP contribution in [0, 0.1) is 5.92 Å². The fourth-order valence-electron chi connectivity index (χ4n) is 5.08. The standard InChI is InChI=1S/C26H29N3O2/c30-25(19-5-1-2-6-19)24-15-20(13-14-27-24)18-9-11-23(12-10-18)28-26(31)29-16-21-7-3-4-8-22(21)17-29/h3-4,7-13,19,24,27H,1-2,5-6,14-17H2,(H,28,31). The molecule has 1 aliphatic carbocycles. The smallest absolute Gasteiger partial charge is 0.316 e. The summed E-state index contributed by atoms with van der Waals surface area (Å²) in [4.78, 5) is 27.3. The molecule has 2 amide bonds. The van der Waals surface area contributed by atoms with Crippen LogP contribution in [-0.4, -0.2) is 29.3 Å². The quantitative estimate of drug-likeness (QED) is 0.758. The van der Waals surface area contributed by atoms with Crippen LogP contribution in [0.2, 0.25) is 0 Å². The molecule has 5 rings (SSSR count). The highest BCUT2D eigenvalue weighted by molar-refractivity contribution is 5.91. The normalized spacial score (nSPS) is 21.0. The number of carbonyl (C=O) groups is 2. The zero-order chi connectivity index (χ0) is 21.2. The number of carbonyl (C=O) groups excluding carboxylic acids is 2. The van der Waals surface area contributed by atoms with Gasteiger partial charge in [-0.3, -0.25) is 4.79 Å². The Balaban J connectivity index is 1.20. The molecule has 2 aromatic carbocycles. The highest BCUT2D eigenvalue weighted by atomic mass is 16.2. The highest BCUT2D eigenvalue weighted by Gasteiger charge is 2.31. The minimum Gasteiger partial charge on any atom is -0.316 e. The van der Waals surface area contributed by atoms with Crippen molar-refractivity contribution in [1.29, 1.82) is 0 Å². The van der Waals surface area contributed by atoms with Crippen LogP contribution in [0.15, 0.2) is 54.6 Å². The van der Waals surface area contributed by atoms with Gasteiger partial charge >= 0.3 is 6.03 Å². The Morgan fingerprint density at radius 1 is 0.935 bits per heavy atom. The van der Waals surface area contributed by atoms with Gasteiger partial charge in [0.2, 0.25) is 0 Å². The lowest BCUT2D eigenvalue weighted by molar-refractivity contribution is -0.124. The molecule has 160 valence electrons. The number of amides is 2. The Labute approximate surface area is 183 Å². The van der Waals surface area contributed by atoms with Gasteiger partial charge in [0.05, 0.1) is 6.04 Å². The summed E-state index contributed by atoms with van der Waals surface area (Å²) < 4.78 is 0. The summed E-state index contributed by atoms with van der Waals surface area (Å²) in [5.41, 5.74) is 5.55. The van der Waals surface area contributed by atoms with E-state index in [0.29, 0.717) is 18.9 Å². The van der Waals surface area contributed by atoms with Crippen LogP contribution in [0.1, 0.15) is 48.8 Å². The number of fused-ring (bicyclic) bond motifs is 1. The third-order valence-corrected chi connectivity index (χ3v) is 6.87. The first-order valence-corrected chi connectivity index (χ1v) is 11.4. The molecule has 1 saturated carbocycles. The van der Waals surface area contributed by atoms with Crippen LogP contribution in [0.5, 0.6) is 0 Å². The van der Waals surface area contributed by atoms with Crippen molar-refractivity contribution >= 4 is 23.1 Å². The monoisotopic (exact) mass is 415 g/mol. The van der Waals surface area contributed by atoms with Gasteiger partial charge < -0.3 is 15.5 Å². The molecule has 1 atom stereocenters. The summed E-state index contributed by atoms with van der Waals surface area (Å²) in [6, 6.07) is 16.0. The van der Waals surface area contributed by atoms with Gasteiger partial charge in [-0.2, -0.15) is 0 Å². The van der Waals surface area contributed by atoms with Crippen LogP contribution in [0.4, 0.5) is 10.5 Å². The first-order valence-electron chi connectivity index (χ1n) is 11.4. The highest BCUT2D eigenvalue weighted by Crippen LogP contribution is 2.31. The number of benzene rings is 2. The van der Waals surface area contributed by atoms with E-state index in [-0.39, 0.29) is 18.0 Å². The fraction of sp³-hybridized carbons (Fsp3) is 0.385. The first-order chi connectivity index (χ1) is 15.2. The number of Topliss-reactive ketones (excluding diaryl/α,β-unsaturated/α-hetero) is 1. The molecule has 1 fully saturated rings. The van der Waals surface area contributed by atoms with E-state index in [1.807, 2.05) is 41.3 Å². The molecule has 5 nitrogen and oxygen atoms in total. The summed E-state index contributed by atoms with van der Waals surface area (Å²) in [5.74, 6) is 0.629. The molecule has 0 spiro atoms. The summed E-state index contributed by atoms with van der Waals surface area (Å²) in [6.07, 6.45) is 7.38. The third kappa shape index (κ3) is 4.28. The lowest BCUT2D eigenvalue weighted by atomic mass is 9.88. The average molecular weight is 416 g/mol. The third-order valence-electron chi connectivity index (χ3n) is 6.87. The Morgan fingerprint density at radius 3 is 2.29 bits per heavy atom. The van der Waals surface area contributed by atoms with Gasteiger partial charge in [0.25, 0.3) is 0 Å². The molecule has 2 aromatic rings. The zero-order valence-corrected chi connectivity index (χ0v) is 17.8. The van der Waals surface area contributed by atoms with Crippen molar-refractivity contribution in [3.8, 4) is 0 Å². The molecular weight excluding hydrogens is 386 g/mol. The second kappa shape index (κ2) is 8.67. The number of hydrogen-bond acceptors (Lipinski definition) is 3. The fourth-order valence-corrected chi connectivity index (χ4v) is 5.08. The molecule has 5 heteroatoms. The number of hydrogen-bond donors (Lipinski definition) is 2. The van der Waals surface area contributed by atoms with Crippen molar-refractivity contribution in [2.75, 3.05) is 11.9 Å². The molecule has 0 saturated heterocycles. The summed E-state index contributed by atoms with van der Waals surface area (Å²) in [7, 11) is 0. The van der Waals surface area contributed by atoms with Crippen molar-refractivity contribution in [3.05, 3.63) is 71.3 Å². The summed E-state index contributed by atoms with van der Waals surface area (Å²) in [6.45, 7) is 2.03. The molecule has 2 N–H and O–H groups in total. The number of ketones is 1. The molecule has 1 unspecified atom stereocenters. The van der Waals surface area contributed by atoms with Crippen molar-refractivity contribution in [1.82, 2.24) is 10.2 Å².